The van der Waals surface area contributed by atoms with E-state index in [1.807, 2.05) is 6.08 Å². The van der Waals surface area contributed by atoms with Crippen molar-refractivity contribution in [3.8, 4) is 29.6 Å². The van der Waals surface area contributed by atoms with Crippen molar-refractivity contribution < 1.29 is 28.5 Å². The van der Waals surface area contributed by atoms with Crippen LogP contribution in [0, 0.1) is 41.4 Å². The summed E-state index contributed by atoms with van der Waals surface area (Å²) >= 11 is 0. The predicted octanol–water partition coefficient (Wildman–Crippen LogP) is 5.24. The summed E-state index contributed by atoms with van der Waals surface area (Å²) in [5, 5.41) is 0. The number of hydrogen-bond acceptors (Lipinski definition) is 6. The van der Waals surface area contributed by atoms with Gasteiger partial charge in [0.05, 0.1) is 0 Å². The molecule has 6 heteroatoms. The summed E-state index contributed by atoms with van der Waals surface area (Å²) < 4.78 is 22.7. The van der Waals surface area contributed by atoms with E-state index in [-0.39, 0.29) is 18.8 Å². The van der Waals surface area contributed by atoms with E-state index < -0.39 is 11.6 Å². The maximum Gasteiger partial charge on any atom is 0.345 e. The van der Waals surface area contributed by atoms with Crippen LogP contribution in [0.15, 0.2) is 29.8 Å². The number of rotatable bonds is 5. The number of ketones is 1. The molecule has 3 saturated carbocycles. The van der Waals surface area contributed by atoms with E-state index in [0.717, 1.165) is 44.9 Å². The highest BCUT2D eigenvalue weighted by Gasteiger charge is 2.65. The van der Waals surface area contributed by atoms with E-state index in [2.05, 4.69) is 12.8 Å². The van der Waals surface area contributed by atoms with Crippen LogP contribution in [0.1, 0.15) is 64.7 Å². The molecule has 4 unspecified atom stereocenters. The van der Waals surface area contributed by atoms with E-state index >= 15 is 0 Å². The molecule has 0 radical (unpaired) electrons. The Kier molecular flexibility index (Phi) is 5.78. The molecule has 6 atom stereocenters. The van der Waals surface area contributed by atoms with Gasteiger partial charge in [0.15, 0.2) is 29.5 Å². The largest absolute Gasteiger partial charge is 0.482 e. The third kappa shape index (κ3) is 3.54. The molecular formula is C30H34O6. The lowest BCUT2D eigenvalue weighted by molar-refractivity contribution is -0.175. The van der Waals surface area contributed by atoms with Gasteiger partial charge in [0.2, 0.25) is 6.79 Å². The van der Waals surface area contributed by atoms with Gasteiger partial charge in [-0.15, -0.1) is 6.42 Å². The number of carbonyl (C=O) groups is 2. The average Bonchev–Trinajstić information content (AvgIpc) is 3.49. The monoisotopic (exact) mass is 490 g/mol. The van der Waals surface area contributed by atoms with Crippen LogP contribution < -0.4 is 14.2 Å². The molecule has 190 valence electrons. The lowest BCUT2D eigenvalue weighted by atomic mass is 9.49. The Morgan fingerprint density at radius 2 is 1.97 bits per heavy atom. The zero-order chi connectivity index (χ0) is 24.9. The molecule has 3 fully saturated rings. The Hall–Kier alpha value is -2.94. The van der Waals surface area contributed by atoms with Crippen LogP contribution in [0.5, 0.6) is 17.2 Å². The first-order valence-corrected chi connectivity index (χ1v) is 13.4. The van der Waals surface area contributed by atoms with Crippen molar-refractivity contribution in [3.63, 3.8) is 0 Å². The molecule has 5 aliphatic rings. The van der Waals surface area contributed by atoms with Crippen molar-refractivity contribution in [2.45, 2.75) is 70.3 Å². The summed E-state index contributed by atoms with van der Waals surface area (Å²) in [4.78, 5) is 25.1. The number of hydrogen-bond donors (Lipinski definition) is 0. The zero-order valence-electron chi connectivity index (χ0n) is 20.9. The smallest absolute Gasteiger partial charge is 0.345 e. The molecule has 1 aliphatic heterocycles. The molecule has 0 spiro atoms. The van der Waals surface area contributed by atoms with E-state index in [9.17, 15) is 9.59 Å². The predicted molar refractivity (Wildman–Crippen MR) is 132 cm³/mol. The van der Waals surface area contributed by atoms with Gasteiger partial charge in [-0.05, 0) is 93.2 Å². The normalized spacial score (nSPS) is 36.1. The Labute approximate surface area is 212 Å². The van der Waals surface area contributed by atoms with Gasteiger partial charge in [-0.2, -0.15) is 0 Å². The van der Waals surface area contributed by atoms with Crippen LogP contribution in [-0.4, -0.2) is 30.8 Å². The fourth-order valence-electron chi connectivity index (χ4n) is 8.45. The standard InChI is InChI=1S/C30H34O6/c1-3-29-13-11-23-22-9-6-20(31)15-19(22)5-8-24(23)25(29)12-14-30(29,4-2)36-28(32)17-33-21-7-10-26-27(16-21)35-18-34-26/h2,7,10,15-16,22-25H,3,5-6,8-9,11-14,17-18H2,1H3/t22?,23?,24?,25?,29-,30-/m0/s1. The first-order valence-electron chi connectivity index (χ1n) is 13.4. The van der Waals surface area contributed by atoms with Crippen LogP contribution in [0.2, 0.25) is 0 Å². The number of carbonyl (C=O) groups excluding carboxylic acids is 2. The van der Waals surface area contributed by atoms with Gasteiger partial charge in [-0.1, -0.05) is 18.4 Å². The number of terminal acetylenes is 1. The number of esters is 1. The van der Waals surface area contributed by atoms with Crippen molar-refractivity contribution in [3.05, 3.63) is 29.8 Å². The molecule has 0 bridgehead atoms. The van der Waals surface area contributed by atoms with Crippen molar-refractivity contribution in [1.82, 2.24) is 0 Å². The maximum absolute atomic E-state index is 13.1. The highest BCUT2D eigenvalue weighted by atomic mass is 16.7. The van der Waals surface area contributed by atoms with Crippen LogP contribution in [0.25, 0.3) is 0 Å². The van der Waals surface area contributed by atoms with Crippen LogP contribution in [0.4, 0.5) is 0 Å². The zero-order valence-corrected chi connectivity index (χ0v) is 20.9. The van der Waals surface area contributed by atoms with Gasteiger partial charge < -0.3 is 18.9 Å². The van der Waals surface area contributed by atoms with Crippen molar-refractivity contribution in [1.29, 1.82) is 0 Å². The lowest BCUT2D eigenvalue weighted by Gasteiger charge is -2.56. The second-order valence-corrected chi connectivity index (χ2v) is 11.1. The highest BCUT2D eigenvalue weighted by molar-refractivity contribution is 5.91. The minimum Gasteiger partial charge on any atom is -0.482 e. The third-order valence-corrected chi connectivity index (χ3v) is 9.97. The van der Waals surface area contributed by atoms with Gasteiger partial charge in [-0.25, -0.2) is 4.79 Å². The van der Waals surface area contributed by atoms with E-state index in [0.29, 0.717) is 59.5 Å². The number of benzene rings is 1. The minimum absolute atomic E-state index is 0.185. The second-order valence-electron chi connectivity index (χ2n) is 11.1. The summed E-state index contributed by atoms with van der Waals surface area (Å²) in [7, 11) is 0. The first-order chi connectivity index (χ1) is 17.5. The quantitative estimate of drug-likeness (QED) is 0.415. The molecule has 4 aliphatic carbocycles. The lowest BCUT2D eigenvalue weighted by Crippen LogP contribution is -2.55. The number of fused-ring (bicyclic) bond motifs is 6. The van der Waals surface area contributed by atoms with Gasteiger partial charge in [0.25, 0.3) is 0 Å². The topological polar surface area (TPSA) is 71.1 Å². The molecule has 0 aromatic heterocycles. The van der Waals surface area contributed by atoms with Crippen LogP contribution in [-0.2, 0) is 14.3 Å². The van der Waals surface area contributed by atoms with Crippen molar-refractivity contribution in [2.75, 3.05) is 13.4 Å². The molecule has 1 heterocycles. The summed E-state index contributed by atoms with van der Waals surface area (Å²) in [6.45, 7) is 2.18. The second kappa shape index (κ2) is 8.87. The summed E-state index contributed by atoms with van der Waals surface area (Å²) in [5.74, 6) is 6.83. The molecule has 0 amide bonds. The summed E-state index contributed by atoms with van der Waals surface area (Å²) in [6, 6.07) is 5.24. The molecule has 0 saturated heterocycles. The van der Waals surface area contributed by atoms with E-state index in [4.69, 9.17) is 25.4 Å². The van der Waals surface area contributed by atoms with Crippen LogP contribution in [0.3, 0.4) is 0 Å². The molecule has 6 nitrogen and oxygen atoms in total. The third-order valence-electron chi connectivity index (χ3n) is 9.97. The molecular weight excluding hydrogens is 456 g/mol. The highest BCUT2D eigenvalue weighted by Crippen LogP contribution is 2.67. The van der Waals surface area contributed by atoms with E-state index in [1.165, 1.54) is 5.57 Å². The van der Waals surface area contributed by atoms with Gasteiger partial charge in [0, 0.05) is 17.9 Å². The van der Waals surface area contributed by atoms with Crippen molar-refractivity contribution >= 4 is 11.8 Å². The van der Waals surface area contributed by atoms with Gasteiger partial charge in [-0.3, -0.25) is 4.79 Å². The fourth-order valence-corrected chi connectivity index (χ4v) is 8.45. The number of allylic oxidation sites excluding steroid dienone is 1. The molecule has 1 aromatic carbocycles. The van der Waals surface area contributed by atoms with Crippen molar-refractivity contribution in [2.24, 2.45) is 29.1 Å². The summed E-state index contributed by atoms with van der Waals surface area (Å²) in [6.07, 6.45) is 16.6. The van der Waals surface area contributed by atoms with Crippen LogP contribution >= 0.6 is 0 Å². The summed E-state index contributed by atoms with van der Waals surface area (Å²) in [5.41, 5.74) is 0.277. The molecule has 36 heavy (non-hydrogen) atoms. The Bertz CT molecular complexity index is 1150. The Morgan fingerprint density at radius 3 is 2.81 bits per heavy atom. The van der Waals surface area contributed by atoms with Gasteiger partial charge >= 0.3 is 5.97 Å². The average molecular weight is 491 g/mol. The molecule has 1 aromatic rings. The molecule has 0 N–H and O–H groups in total. The Balaban J connectivity index is 1.18. The first kappa shape index (κ1) is 23.5. The SMILES string of the molecule is C#C[C@]1(OC(=O)COc2ccc3c(c2)OCO3)CCC2C3CCC4=CC(=O)CCC4C3CC[C@@]21CC. The fraction of sp³-hybridized carbons (Fsp3) is 0.600. The van der Waals surface area contributed by atoms with Gasteiger partial charge in [0.1, 0.15) is 5.75 Å². The number of ether oxygens (including phenoxy) is 4. The Morgan fingerprint density at radius 1 is 1.11 bits per heavy atom. The molecule has 6 rings (SSSR count). The minimum atomic E-state index is -0.897. The maximum atomic E-state index is 13.1. The van der Waals surface area contributed by atoms with E-state index in [1.54, 1.807) is 18.2 Å².